The van der Waals surface area contributed by atoms with Crippen molar-refractivity contribution in [3.63, 3.8) is 0 Å². The van der Waals surface area contributed by atoms with Crippen molar-refractivity contribution < 1.29 is 0 Å². The molecule has 0 radical (unpaired) electrons. The van der Waals surface area contributed by atoms with Gasteiger partial charge < -0.3 is 0 Å². The Labute approximate surface area is 105 Å². The normalized spacial score (nSPS) is 12.7. The van der Waals surface area contributed by atoms with Crippen LogP contribution in [0.25, 0.3) is 0 Å². The fourth-order valence-electron chi connectivity index (χ4n) is 1.82. The summed E-state index contributed by atoms with van der Waals surface area (Å²) in [6.07, 6.45) is 0. The number of nitrogens with zero attached hydrogens (tertiary/aromatic N) is 1. The standard InChI is InChI=1S/C13H15ClN2O/c1-8-9(2)15-16(13(8)17)10(3)11-4-6-12(14)7-5-11/h4-7,10,15H,1-3H3. The molecular weight excluding hydrogens is 236 g/mol. The van der Waals surface area contributed by atoms with Gasteiger partial charge in [-0.15, -0.1) is 0 Å². The van der Waals surface area contributed by atoms with Crippen molar-refractivity contribution in [3.05, 3.63) is 56.5 Å². The molecule has 1 unspecified atom stereocenters. The first-order valence-electron chi connectivity index (χ1n) is 5.54. The monoisotopic (exact) mass is 250 g/mol. The van der Waals surface area contributed by atoms with Gasteiger partial charge in [-0.2, -0.15) is 0 Å². The van der Waals surface area contributed by atoms with Crippen LogP contribution in [0.15, 0.2) is 29.1 Å². The Bertz CT molecular complexity index is 580. The van der Waals surface area contributed by atoms with Crippen LogP contribution in [0.5, 0.6) is 0 Å². The van der Waals surface area contributed by atoms with Gasteiger partial charge in [0.25, 0.3) is 5.56 Å². The number of benzene rings is 1. The Morgan fingerprint density at radius 1 is 1.24 bits per heavy atom. The van der Waals surface area contributed by atoms with Crippen LogP contribution in [0.2, 0.25) is 5.02 Å². The van der Waals surface area contributed by atoms with Gasteiger partial charge in [0.15, 0.2) is 0 Å². The summed E-state index contributed by atoms with van der Waals surface area (Å²) in [6.45, 7) is 5.72. The van der Waals surface area contributed by atoms with E-state index in [1.54, 1.807) is 4.68 Å². The van der Waals surface area contributed by atoms with Crippen LogP contribution in [-0.4, -0.2) is 9.78 Å². The van der Waals surface area contributed by atoms with Gasteiger partial charge in [-0.05, 0) is 38.5 Å². The van der Waals surface area contributed by atoms with Crippen molar-refractivity contribution in [3.8, 4) is 0 Å². The number of hydrogen-bond donors (Lipinski definition) is 1. The molecule has 2 rings (SSSR count). The van der Waals surface area contributed by atoms with E-state index < -0.39 is 0 Å². The minimum Gasteiger partial charge on any atom is -0.299 e. The van der Waals surface area contributed by atoms with E-state index in [1.165, 1.54) is 0 Å². The van der Waals surface area contributed by atoms with Crippen LogP contribution >= 0.6 is 11.6 Å². The van der Waals surface area contributed by atoms with Crippen molar-refractivity contribution in [1.29, 1.82) is 0 Å². The molecule has 0 aliphatic carbocycles. The molecule has 1 heterocycles. The predicted molar refractivity (Wildman–Crippen MR) is 69.8 cm³/mol. The molecule has 0 fully saturated rings. The van der Waals surface area contributed by atoms with E-state index >= 15 is 0 Å². The van der Waals surface area contributed by atoms with E-state index in [0.717, 1.165) is 16.8 Å². The Morgan fingerprint density at radius 2 is 1.82 bits per heavy atom. The summed E-state index contributed by atoms with van der Waals surface area (Å²) >= 11 is 5.85. The molecule has 1 atom stereocenters. The van der Waals surface area contributed by atoms with Crippen molar-refractivity contribution in [2.24, 2.45) is 0 Å². The van der Waals surface area contributed by atoms with Gasteiger partial charge in [0.1, 0.15) is 0 Å². The quantitative estimate of drug-likeness (QED) is 0.874. The van der Waals surface area contributed by atoms with Crippen LogP contribution < -0.4 is 5.56 Å². The first-order chi connectivity index (χ1) is 8.00. The molecule has 0 aliphatic rings. The van der Waals surface area contributed by atoms with E-state index in [0.29, 0.717) is 5.02 Å². The topological polar surface area (TPSA) is 37.8 Å². The Kier molecular flexibility index (Phi) is 3.11. The molecule has 0 spiro atoms. The SMILES string of the molecule is Cc1[nH]n(C(C)c2ccc(Cl)cc2)c(=O)c1C. The summed E-state index contributed by atoms with van der Waals surface area (Å²) in [6, 6.07) is 7.52. The van der Waals surface area contributed by atoms with Crippen LogP contribution in [0, 0.1) is 13.8 Å². The lowest BCUT2D eigenvalue weighted by Gasteiger charge is -2.12. The average Bonchev–Trinajstić information content (AvgIpc) is 2.57. The first kappa shape index (κ1) is 12.0. The summed E-state index contributed by atoms with van der Waals surface area (Å²) in [5.41, 5.74) is 2.77. The number of hydrogen-bond acceptors (Lipinski definition) is 1. The van der Waals surface area contributed by atoms with Crippen LogP contribution in [0.1, 0.15) is 29.8 Å². The van der Waals surface area contributed by atoms with Crippen LogP contribution in [0.4, 0.5) is 0 Å². The maximum absolute atomic E-state index is 12.0. The molecule has 17 heavy (non-hydrogen) atoms. The molecule has 0 saturated carbocycles. The molecular formula is C13H15ClN2O. The number of H-pyrrole nitrogens is 1. The van der Waals surface area contributed by atoms with E-state index in [4.69, 9.17) is 11.6 Å². The van der Waals surface area contributed by atoms with Crippen molar-refractivity contribution in [2.45, 2.75) is 26.8 Å². The summed E-state index contributed by atoms with van der Waals surface area (Å²) in [7, 11) is 0. The van der Waals surface area contributed by atoms with Crippen molar-refractivity contribution >= 4 is 11.6 Å². The summed E-state index contributed by atoms with van der Waals surface area (Å²) in [5, 5.41) is 3.80. The molecule has 1 N–H and O–H groups in total. The number of aromatic amines is 1. The van der Waals surface area contributed by atoms with E-state index in [9.17, 15) is 4.79 Å². The number of aromatic nitrogens is 2. The van der Waals surface area contributed by atoms with E-state index in [2.05, 4.69) is 5.10 Å². The Morgan fingerprint density at radius 3 is 2.29 bits per heavy atom. The number of nitrogens with one attached hydrogen (secondary N) is 1. The number of rotatable bonds is 2. The minimum absolute atomic E-state index is 0.0211. The van der Waals surface area contributed by atoms with Gasteiger partial charge in [0.2, 0.25) is 0 Å². The molecule has 1 aromatic carbocycles. The molecule has 0 bridgehead atoms. The summed E-state index contributed by atoms with van der Waals surface area (Å²) in [5.74, 6) is 0. The predicted octanol–water partition coefficient (Wildman–Crippen LogP) is 3.06. The lowest BCUT2D eigenvalue weighted by molar-refractivity contribution is 0.544. The first-order valence-corrected chi connectivity index (χ1v) is 5.91. The number of aryl methyl sites for hydroxylation is 1. The Hall–Kier alpha value is -1.48. The molecule has 3 nitrogen and oxygen atoms in total. The zero-order valence-electron chi connectivity index (χ0n) is 10.1. The van der Waals surface area contributed by atoms with Crippen molar-refractivity contribution in [2.75, 3.05) is 0 Å². The van der Waals surface area contributed by atoms with Gasteiger partial charge in [-0.3, -0.25) is 9.89 Å². The van der Waals surface area contributed by atoms with Gasteiger partial charge in [-0.1, -0.05) is 23.7 Å². The molecule has 0 amide bonds. The van der Waals surface area contributed by atoms with Gasteiger partial charge >= 0.3 is 0 Å². The molecule has 90 valence electrons. The Balaban J connectivity index is 2.43. The summed E-state index contributed by atoms with van der Waals surface area (Å²) < 4.78 is 1.65. The second-order valence-electron chi connectivity index (χ2n) is 4.26. The lowest BCUT2D eigenvalue weighted by atomic mass is 10.1. The fourth-order valence-corrected chi connectivity index (χ4v) is 1.95. The largest absolute Gasteiger partial charge is 0.299 e. The van der Waals surface area contributed by atoms with E-state index in [1.807, 2.05) is 45.0 Å². The molecule has 1 aromatic heterocycles. The lowest BCUT2D eigenvalue weighted by Crippen LogP contribution is -2.22. The van der Waals surface area contributed by atoms with E-state index in [-0.39, 0.29) is 11.6 Å². The molecule has 2 aromatic rings. The van der Waals surface area contributed by atoms with Crippen LogP contribution in [0.3, 0.4) is 0 Å². The molecule has 0 saturated heterocycles. The second kappa shape index (κ2) is 4.41. The van der Waals surface area contributed by atoms with Gasteiger partial charge in [0, 0.05) is 16.3 Å². The highest BCUT2D eigenvalue weighted by Crippen LogP contribution is 2.18. The maximum Gasteiger partial charge on any atom is 0.270 e. The minimum atomic E-state index is -0.0211. The average molecular weight is 251 g/mol. The zero-order valence-corrected chi connectivity index (χ0v) is 10.9. The zero-order chi connectivity index (χ0) is 12.6. The highest BCUT2D eigenvalue weighted by Gasteiger charge is 2.13. The smallest absolute Gasteiger partial charge is 0.270 e. The molecule has 0 aliphatic heterocycles. The van der Waals surface area contributed by atoms with Gasteiger partial charge in [0.05, 0.1) is 6.04 Å². The molecule has 4 heteroatoms. The van der Waals surface area contributed by atoms with Crippen LogP contribution in [-0.2, 0) is 0 Å². The third-order valence-electron chi connectivity index (χ3n) is 3.13. The summed E-state index contributed by atoms with van der Waals surface area (Å²) in [4.78, 5) is 12.0. The second-order valence-corrected chi connectivity index (χ2v) is 4.70. The third kappa shape index (κ3) is 2.15. The maximum atomic E-state index is 12.0. The van der Waals surface area contributed by atoms with Crippen molar-refractivity contribution in [1.82, 2.24) is 9.78 Å². The third-order valence-corrected chi connectivity index (χ3v) is 3.38. The highest BCUT2D eigenvalue weighted by molar-refractivity contribution is 6.30. The fraction of sp³-hybridized carbons (Fsp3) is 0.308. The highest BCUT2D eigenvalue weighted by atomic mass is 35.5. The number of halogens is 1. The van der Waals surface area contributed by atoms with Gasteiger partial charge in [-0.25, -0.2) is 4.68 Å².